The molecule has 0 fully saturated rings. The van der Waals surface area contributed by atoms with E-state index in [2.05, 4.69) is 20.7 Å². The van der Waals surface area contributed by atoms with E-state index in [1.807, 2.05) is 12.1 Å². The average Bonchev–Trinajstić information content (AvgIpc) is 2.60. The van der Waals surface area contributed by atoms with Crippen LogP contribution in [0.25, 0.3) is 11.3 Å². The summed E-state index contributed by atoms with van der Waals surface area (Å²) in [6.07, 6.45) is 2.42. The fourth-order valence-corrected chi connectivity index (χ4v) is 2.16. The van der Waals surface area contributed by atoms with Gasteiger partial charge >= 0.3 is 0 Å². The minimum absolute atomic E-state index is 0.166. The fraction of sp³-hybridized carbons (Fsp3) is 0.250. The summed E-state index contributed by atoms with van der Waals surface area (Å²) >= 11 is 5.88. The predicted octanol–water partition coefficient (Wildman–Crippen LogP) is 1.60. The van der Waals surface area contributed by atoms with Crippen molar-refractivity contribution in [1.82, 2.24) is 20.4 Å². The van der Waals surface area contributed by atoms with Crippen molar-refractivity contribution in [3.8, 4) is 17.5 Å². The Hall–Kier alpha value is -2.85. The van der Waals surface area contributed by atoms with Gasteiger partial charge in [0.15, 0.2) is 6.19 Å². The first kappa shape index (κ1) is 17.5. The topological polar surface area (TPSA) is 95.1 Å². The third kappa shape index (κ3) is 4.83. The molecule has 1 aromatic heterocycles. The number of halogens is 1. The molecule has 124 valence electrons. The minimum Gasteiger partial charge on any atom is -0.359 e. The monoisotopic (exact) mass is 344 g/mol. The highest BCUT2D eigenvalue weighted by atomic mass is 35.5. The van der Waals surface area contributed by atoms with E-state index < -0.39 is 0 Å². The number of nitrogens with zero attached hydrogens (tertiary/aromatic N) is 4. The SMILES string of the molecule is CNC(=NCCCn1nc(-c2ccc(Cl)cc2)ccc1=O)NC#N. The van der Waals surface area contributed by atoms with Crippen LogP contribution in [0.1, 0.15) is 6.42 Å². The molecule has 0 unspecified atom stereocenters. The fourth-order valence-electron chi connectivity index (χ4n) is 2.03. The van der Waals surface area contributed by atoms with Crippen LogP contribution in [0.2, 0.25) is 5.02 Å². The van der Waals surface area contributed by atoms with E-state index in [1.54, 1.807) is 31.4 Å². The van der Waals surface area contributed by atoms with Crippen LogP contribution in [0, 0.1) is 11.5 Å². The van der Waals surface area contributed by atoms with Crippen molar-refractivity contribution >= 4 is 17.6 Å². The van der Waals surface area contributed by atoms with Gasteiger partial charge in [0.2, 0.25) is 5.96 Å². The summed E-state index contributed by atoms with van der Waals surface area (Å²) in [6, 6.07) is 10.5. The summed E-state index contributed by atoms with van der Waals surface area (Å²) in [7, 11) is 1.67. The van der Waals surface area contributed by atoms with Crippen molar-refractivity contribution in [1.29, 1.82) is 5.26 Å². The van der Waals surface area contributed by atoms with Crippen LogP contribution in [-0.4, -0.2) is 29.3 Å². The van der Waals surface area contributed by atoms with Crippen LogP contribution >= 0.6 is 11.6 Å². The predicted molar refractivity (Wildman–Crippen MR) is 93.7 cm³/mol. The number of aromatic nitrogens is 2. The second kappa shape index (κ2) is 8.70. The van der Waals surface area contributed by atoms with Gasteiger partial charge in [-0.25, -0.2) is 4.68 Å². The van der Waals surface area contributed by atoms with Crippen molar-refractivity contribution in [2.24, 2.45) is 4.99 Å². The zero-order valence-corrected chi connectivity index (χ0v) is 13.9. The Labute approximate surface area is 144 Å². The maximum atomic E-state index is 11.9. The van der Waals surface area contributed by atoms with E-state index in [4.69, 9.17) is 16.9 Å². The lowest BCUT2D eigenvalue weighted by molar-refractivity contribution is 0.556. The van der Waals surface area contributed by atoms with Gasteiger partial charge in [0.25, 0.3) is 5.56 Å². The third-order valence-corrected chi connectivity index (χ3v) is 3.47. The number of hydrogen-bond acceptors (Lipinski definition) is 4. The van der Waals surface area contributed by atoms with Crippen molar-refractivity contribution in [2.45, 2.75) is 13.0 Å². The van der Waals surface area contributed by atoms with Gasteiger partial charge in [0.05, 0.1) is 5.69 Å². The number of nitriles is 1. The standard InChI is InChI=1S/C16H17ClN6O/c1-19-16(21-11-18)20-9-2-10-23-15(24)8-7-14(22-23)12-3-5-13(17)6-4-12/h3-8H,2,9-10H2,1H3,(H2,19,20,21). The molecule has 2 aromatic rings. The molecule has 7 nitrogen and oxygen atoms in total. The van der Waals surface area contributed by atoms with Gasteiger partial charge in [-0.05, 0) is 24.6 Å². The lowest BCUT2D eigenvalue weighted by atomic mass is 10.1. The molecule has 0 saturated carbocycles. The van der Waals surface area contributed by atoms with E-state index in [0.717, 1.165) is 5.56 Å². The Kier molecular flexibility index (Phi) is 6.34. The lowest BCUT2D eigenvalue weighted by Gasteiger charge is -2.07. The van der Waals surface area contributed by atoms with Gasteiger partial charge in [-0.15, -0.1) is 0 Å². The second-order valence-corrected chi connectivity index (χ2v) is 5.29. The Bertz CT molecular complexity index is 807. The Morgan fingerprint density at radius 3 is 2.75 bits per heavy atom. The maximum absolute atomic E-state index is 11.9. The molecule has 24 heavy (non-hydrogen) atoms. The summed E-state index contributed by atoms with van der Waals surface area (Å²) in [6.45, 7) is 0.900. The smallest absolute Gasteiger partial charge is 0.266 e. The number of rotatable bonds is 5. The van der Waals surface area contributed by atoms with Crippen molar-refractivity contribution in [2.75, 3.05) is 13.6 Å². The molecule has 1 heterocycles. The van der Waals surface area contributed by atoms with Crippen LogP contribution in [0.15, 0.2) is 46.2 Å². The van der Waals surface area contributed by atoms with Crippen LogP contribution in [0.4, 0.5) is 0 Å². The van der Waals surface area contributed by atoms with Crippen LogP contribution in [0.5, 0.6) is 0 Å². The van der Waals surface area contributed by atoms with Crippen LogP contribution < -0.4 is 16.2 Å². The lowest BCUT2D eigenvalue weighted by Crippen LogP contribution is -2.31. The first-order chi connectivity index (χ1) is 11.6. The van der Waals surface area contributed by atoms with Crippen molar-refractivity contribution in [3.63, 3.8) is 0 Å². The molecular formula is C16H17ClN6O. The van der Waals surface area contributed by atoms with E-state index >= 15 is 0 Å². The summed E-state index contributed by atoms with van der Waals surface area (Å²) in [5, 5.41) is 18.8. The quantitative estimate of drug-likeness (QED) is 0.282. The molecule has 0 saturated heterocycles. The minimum atomic E-state index is -0.166. The first-order valence-electron chi connectivity index (χ1n) is 7.35. The molecule has 2 N–H and O–H groups in total. The molecule has 0 aliphatic rings. The summed E-state index contributed by atoms with van der Waals surface area (Å²) in [5.41, 5.74) is 1.43. The van der Waals surface area contributed by atoms with Gasteiger partial charge in [0.1, 0.15) is 0 Å². The Morgan fingerprint density at radius 1 is 1.33 bits per heavy atom. The molecule has 0 aliphatic heterocycles. The molecule has 0 atom stereocenters. The number of aliphatic imine (C=N–C) groups is 1. The highest BCUT2D eigenvalue weighted by molar-refractivity contribution is 6.30. The van der Waals surface area contributed by atoms with Crippen molar-refractivity contribution < 1.29 is 0 Å². The maximum Gasteiger partial charge on any atom is 0.266 e. The van der Waals surface area contributed by atoms with Gasteiger partial charge in [0, 0.05) is 36.8 Å². The van der Waals surface area contributed by atoms with Crippen LogP contribution in [-0.2, 0) is 6.54 Å². The zero-order valence-electron chi connectivity index (χ0n) is 13.2. The van der Waals surface area contributed by atoms with Gasteiger partial charge in [-0.1, -0.05) is 23.7 Å². The molecule has 0 radical (unpaired) electrons. The summed E-state index contributed by atoms with van der Waals surface area (Å²) in [5.74, 6) is 0.396. The van der Waals surface area contributed by atoms with E-state index in [9.17, 15) is 4.79 Å². The Morgan fingerprint density at radius 2 is 2.08 bits per heavy atom. The highest BCUT2D eigenvalue weighted by Gasteiger charge is 2.03. The summed E-state index contributed by atoms with van der Waals surface area (Å²) in [4.78, 5) is 16.1. The molecule has 8 heteroatoms. The van der Waals surface area contributed by atoms with E-state index in [0.29, 0.717) is 36.2 Å². The molecular weight excluding hydrogens is 328 g/mol. The summed E-state index contributed by atoms with van der Waals surface area (Å²) < 4.78 is 1.41. The number of aryl methyl sites for hydroxylation is 1. The normalized spacial score (nSPS) is 11.0. The molecule has 0 bridgehead atoms. The largest absolute Gasteiger partial charge is 0.359 e. The molecule has 0 spiro atoms. The first-order valence-corrected chi connectivity index (χ1v) is 7.73. The second-order valence-electron chi connectivity index (χ2n) is 4.86. The number of hydrogen-bond donors (Lipinski definition) is 2. The van der Waals surface area contributed by atoms with Crippen molar-refractivity contribution in [3.05, 3.63) is 51.8 Å². The Balaban J connectivity index is 2.05. The average molecular weight is 345 g/mol. The van der Waals surface area contributed by atoms with Crippen LogP contribution in [0.3, 0.4) is 0 Å². The molecule has 0 amide bonds. The third-order valence-electron chi connectivity index (χ3n) is 3.22. The molecule has 0 aliphatic carbocycles. The van der Waals surface area contributed by atoms with Gasteiger partial charge in [-0.3, -0.25) is 15.1 Å². The zero-order chi connectivity index (χ0) is 17.4. The van der Waals surface area contributed by atoms with Gasteiger partial charge < -0.3 is 5.32 Å². The molecule has 1 aromatic carbocycles. The molecule has 2 rings (SSSR count). The number of benzene rings is 1. The van der Waals surface area contributed by atoms with E-state index in [1.165, 1.54) is 10.7 Å². The number of guanidine groups is 1. The van der Waals surface area contributed by atoms with Gasteiger partial charge in [-0.2, -0.15) is 10.4 Å². The number of nitrogens with one attached hydrogen (secondary N) is 2. The highest BCUT2D eigenvalue weighted by Crippen LogP contribution is 2.18. The van der Waals surface area contributed by atoms with E-state index in [-0.39, 0.29) is 5.56 Å².